The minimum atomic E-state index is 0.761. The van der Waals surface area contributed by atoms with Crippen LogP contribution >= 0.6 is 47.8 Å². The Hall–Kier alpha value is -0.520. The van der Waals surface area contributed by atoms with Gasteiger partial charge in [0.05, 0.1) is 11.6 Å². The third-order valence-corrected chi connectivity index (χ3v) is 5.17. The molecule has 0 radical (unpaired) electrons. The maximum absolute atomic E-state index is 5.27. The van der Waals surface area contributed by atoms with Crippen molar-refractivity contribution in [1.29, 1.82) is 0 Å². The van der Waals surface area contributed by atoms with Gasteiger partial charge in [0.2, 0.25) is 0 Å². The number of nitrogens with one attached hydrogen (secondary N) is 1. The molecule has 0 unspecified atom stereocenters. The SMILES string of the molecule is COc1cc(NCc2ccc(Br)c(Br)c2)ccc1Br. The number of methoxy groups -OCH3 is 1. The highest BCUT2D eigenvalue weighted by molar-refractivity contribution is 9.13. The van der Waals surface area contributed by atoms with Crippen LogP contribution in [0.2, 0.25) is 0 Å². The summed E-state index contributed by atoms with van der Waals surface area (Å²) in [6, 6.07) is 12.2. The van der Waals surface area contributed by atoms with Gasteiger partial charge in [0, 0.05) is 27.2 Å². The second-order valence-electron chi connectivity index (χ2n) is 3.95. The fourth-order valence-electron chi connectivity index (χ4n) is 1.62. The molecule has 2 nitrogen and oxygen atoms in total. The molecule has 19 heavy (non-hydrogen) atoms. The van der Waals surface area contributed by atoms with E-state index >= 15 is 0 Å². The lowest BCUT2D eigenvalue weighted by atomic mass is 10.2. The largest absolute Gasteiger partial charge is 0.495 e. The maximum atomic E-state index is 5.27. The molecular formula is C14H12Br3NO. The summed E-state index contributed by atoms with van der Waals surface area (Å²) in [4.78, 5) is 0. The fraction of sp³-hybridized carbons (Fsp3) is 0.143. The minimum Gasteiger partial charge on any atom is -0.495 e. The Balaban J connectivity index is 2.07. The molecule has 0 aliphatic heterocycles. The van der Waals surface area contributed by atoms with Crippen molar-refractivity contribution >= 4 is 53.5 Å². The average Bonchev–Trinajstić information content (AvgIpc) is 2.41. The molecule has 100 valence electrons. The molecule has 0 atom stereocenters. The summed E-state index contributed by atoms with van der Waals surface area (Å²) in [6.45, 7) is 0.761. The first kappa shape index (κ1) is 14.9. The van der Waals surface area contributed by atoms with Gasteiger partial charge in [0.25, 0.3) is 0 Å². The highest BCUT2D eigenvalue weighted by Crippen LogP contribution is 2.28. The van der Waals surface area contributed by atoms with Crippen LogP contribution in [0.1, 0.15) is 5.56 Å². The van der Waals surface area contributed by atoms with Crippen LogP contribution < -0.4 is 10.1 Å². The van der Waals surface area contributed by atoms with Gasteiger partial charge in [-0.25, -0.2) is 0 Å². The Morgan fingerprint density at radius 2 is 1.68 bits per heavy atom. The molecule has 0 fully saturated rings. The van der Waals surface area contributed by atoms with Crippen LogP contribution in [0.4, 0.5) is 5.69 Å². The Morgan fingerprint density at radius 1 is 0.947 bits per heavy atom. The Bertz CT molecular complexity index is 587. The highest BCUT2D eigenvalue weighted by atomic mass is 79.9. The van der Waals surface area contributed by atoms with Gasteiger partial charge in [-0.05, 0) is 77.6 Å². The zero-order valence-electron chi connectivity index (χ0n) is 10.2. The molecule has 0 amide bonds. The predicted molar refractivity (Wildman–Crippen MR) is 89.9 cm³/mol. The van der Waals surface area contributed by atoms with E-state index in [0.29, 0.717) is 0 Å². The first-order chi connectivity index (χ1) is 9.10. The number of benzene rings is 2. The van der Waals surface area contributed by atoms with E-state index in [1.54, 1.807) is 7.11 Å². The molecule has 0 saturated heterocycles. The lowest BCUT2D eigenvalue weighted by Crippen LogP contribution is -1.99. The van der Waals surface area contributed by atoms with E-state index < -0.39 is 0 Å². The van der Waals surface area contributed by atoms with Crippen LogP contribution in [0.15, 0.2) is 49.8 Å². The third kappa shape index (κ3) is 3.97. The fourth-order valence-corrected chi connectivity index (χ4v) is 2.70. The van der Waals surface area contributed by atoms with Crippen LogP contribution in [0.25, 0.3) is 0 Å². The van der Waals surface area contributed by atoms with E-state index in [1.165, 1.54) is 5.56 Å². The van der Waals surface area contributed by atoms with Gasteiger partial charge in [-0.1, -0.05) is 6.07 Å². The van der Waals surface area contributed by atoms with Crippen molar-refractivity contribution in [2.24, 2.45) is 0 Å². The van der Waals surface area contributed by atoms with Crippen molar-refractivity contribution in [3.63, 3.8) is 0 Å². The van der Waals surface area contributed by atoms with Gasteiger partial charge in [0.1, 0.15) is 5.75 Å². The standard InChI is InChI=1S/C14H12Br3NO/c1-19-14-7-10(3-5-12(14)16)18-8-9-2-4-11(15)13(17)6-9/h2-7,18H,8H2,1H3. The average molecular weight is 450 g/mol. The molecule has 0 aliphatic rings. The summed E-state index contributed by atoms with van der Waals surface area (Å²) < 4.78 is 8.34. The number of halogens is 3. The lowest BCUT2D eigenvalue weighted by Gasteiger charge is -2.10. The molecule has 5 heteroatoms. The number of anilines is 1. The topological polar surface area (TPSA) is 21.3 Å². The summed E-state index contributed by atoms with van der Waals surface area (Å²) in [6.07, 6.45) is 0. The van der Waals surface area contributed by atoms with Gasteiger partial charge in [0.15, 0.2) is 0 Å². The van der Waals surface area contributed by atoms with E-state index in [9.17, 15) is 0 Å². The molecule has 0 aliphatic carbocycles. The number of rotatable bonds is 4. The number of ether oxygens (including phenoxy) is 1. The summed E-state index contributed by atoms with van der Waals surface area (Å²) in [5.74, 6) is 0.821. The van der Waals surface area contributed by atoms with E-state index in [0.717, 1.165) is 31.4 Å². The molecule has 2 aromatic rings. The van der Waals surface area contributed by atoms with E-state index in [1.807, 2.05) is 24.3 Å². The molecule has 2 rings (SSSR count). The number of hydrogen-bond donors (Lipinski definition) is 1. The number of hydrogen-bond acceptors (Lipinski definition) is 2. The molecular weight excluding hydrogens is 438 g/mol. The lowest BCUT2D eigenvalue weighted by molar-refractivity contribution is 0.412. The van der Waals surface area contributed by atoms with Crippen molar-refractivity contribution in [2.75, 3.05) is 12.4 Å². The smallest absolute Gasteiger partial charge is 0.135 e. The molecule has 0 bridgehead atoms. The van der Waals surface area contributed by atoms with Gasteiger partial charge >= 0.3 is 0 Å². The van der Waals surface area contributed by atoms with E-state index in [2.05, 4.69) is 65.2 Å². The highest BCUT2D eigenvalue weighted by Gasteiger charge is 2.02. The first-order valence-corrected chi connectivity index (χ1v) is 7.99. The van der Waals surface area contributed by atoms with Gasteiger partial charge in [-0.15, -0.1) is 0 Å². The Morgan fingerprint density at radius 3 is 2.37 bits per heavy atom. The molecule has 0 heterocycles. The zero-order chi connectivity index (χ0) is 13.8. The molecule has 1 N–H and O–H groups in total. The normalized spacial score (nSPS) is 10.3. The van der Waals surface area contributed by atoms with Crippen molar-refractivity contribution in [1.82, 2.24) is 0 Å². The Labute approximate surface area is 137 Å². The molecule has 2 aromatic carbocycles. The second-order valence-corrected chi connectivity index (χ2v) is 6.51. The van der Waals surface area contributed by atoms with Crippen LogP contribution in [0, 0.1) is 0 Å². The quantitative estimate of drug-likeness (QED) is 0.656. The zero-order valence-corrected chi connectivity index (χ0v) is 15.0. The van der Waals surface area contributed by atoms with E-state index in [4.69, 9.17) is 4.74 Å². The van der Waals surface area contributed by atoms with Crippen molar-refractivity contribution in [3.8, 4) is 5.75 Å². The van der Waals surface area contributed by atoms with E-state index in [-0.39, 0.29) is 0 Å². The van der Waals surface area contributed by atoms with Crippen LogP contribution in [0.5, 0.6) is 5.75 Å². The second kappa shape index (κ2) is 6.77. The summed E-state index contributed by atoms with van der Waals surface area (Å²) in [5.41, 5.74) is 2.23. The van der Waals surface area contributed by atoms with Gasteiger partial charge in [-0.3, -0.25) is 0 Å². The predicted octanol–water partition coefficient (Wildman–Crippen LogP) is 5.59. The summed E-state index contributed by atoms with van der Waals surface area (Å²) in [7, 11) is 1.66. The first-order valence-electron chi connectivity index (χ1n) is 5.61. The third-order valence-electron chi connectivity index (χ3n) is 2.63. The molecule has 0 spiro atoms. The molecule has 0 saturated carbocycles. The van der Waals surface area contributed by atoms with Crippen LogP contribution in [0.3, 0.4) is 0 Å². The monoisotopic (exact) mass is 447 g/mol. The van der Waals surface area contributed by atoms with Crippen molar-refractivity contribution in [2.45, 2.75) is 6.54 Å². The minimum absolute atomic E-state index is 0.761. The van der Waals surface area contributed by atoms with Gasteiger partial charge in [-0.2, -0.15) is 0 Å². The van der Waals surface area contributed by atoms with Crippen molar-refractivity contribution in [3.05, 3.63) is 55.4 Å². The van der Waals surface area contributed by atoms with Crippen LogP contribution in [-0.4, -0.2) is 7.11 Å². The Kier molecular flexibility index (Phi) is 5.30. The van der Waals surface area contributed by atoms with Crippen molar-refractivity contribution < 1.29 is 4.74 Å². The van der Waals surface area contributed by atoms with Gasteiger partial charge < -0.3 is 10.1 Å². The summed E-state index contributed by atoms with van der Waals surface area (Å²) in [5, 5.41) is 3.37. The summed E-state index contributed by atoms with van der Waals surface area (Å²) >= 11 is 10.4. The maximum Gasteiger partial charge on any atom is 0.135 e. The van der Waals surface area contributed by atoms with Crippen LogP contribution in [-0.2, 0) is 6.54 Å². The molecule has 0 aromatic heterocycles.